The number of nitrogens with zero attached hydrogens (tertiary/aromatic N) is 1. The van der Waals surface area contributed by atoms with E-state index < -0.39 is 6.04 Å². The van der Waals surface area contributed by atoms with Crippen LogP contribution in [0, 0.1) is 11.7 Å². The van der Waals surface area contributed by atoms with Gasteiger partial charge in [0, 0.05) is 12.7 Å². The lowest BCUT2D eigenvalue weighted by Crippen LogP contribution is -2.45. The van der Waals surface area contributed by atoms with Crippen molar-refractivity contribution in [1.82, 2.24) is 0 Å². The topological polar surface area (TPSA) is 46.3 Å². The Bertz CT molecular complexity index is 362. The van der Waals surface area contributed by atoms with E-state index in [2.05, 4.69) is 0 Å². The first kappa shape index (κ1) is 12.6. The smallest absolute Gasteiger partial charge is 0.243 e. The molecule has 1 atom stereocenters. The highest BCUT2D eigenvalue weighted by molar-refractivity contribution is 5.96. The lowest BCUT2D eigenvalue weighted by Gasteiger charge is -2.23. The normalized spacial score (nSPS) is 12.6. The van der Waals surface area contributed by atoms with Crippen LogP contribution in [-0.2, 0) is 4.79 Å². The van der Waals surface area contributed by atoms with E-state index in [0.29, 0.717) is 5.69 Å². The number of nitrogens with two attached hydrogens (primary N) is 1. The summed E-state index contributed by atoms with van der Waals surface area (Å²) < 4.78 is 12.7. The van der Waals surface area contributed by atoms with Crippen molar-refractivity contribution in [2.45, 2.75) is 19.9 Å². The van der Waals surface area contributed by atoms with Gasteiger partial charge < -0.3 is 10.6 Å². The maximum Gasteiger partial charge on any atom is 0.243 e. The van der Waals surface area contributed by atoms with Crippen molar-refractivity contribution in [3.8, 4) is 0 Å². The molecular weight excluding hydrogens is 207 g/mol. The Balaban J connectivity index is 2.82. The van der Waals surface area contributed by atoms with E-state index in [-0.39, 0.29) is 17.6 Å². The van der Waals surface area contributed by atoms with Crippen LogP contribution >= 0.6 is 0 Å². The van der Waals surface area contributed by atoms with Crippen molar-refractivity contribution in [1.29, 1.82) is 0 Å². The monoisotopic (exact) mass is 224 g/mol. The molecule has 0 bridgehead atoms. The Morgan fingerprint density at radius 3 is 2.25 bits per heavy atom. The van der Waals surface area contributed by atoms with Gasteiger partial charge in [-0.3, -0.25) is 4.79 Å². The average Bonchev–Trinajstić information content (AvgIpc) is 2.27. The highest BCUT2D eigenvalue weighted by atomic mass is 19.1. The summed E-state index contributed by atoms with van der Waals surface area (Å²) in [7, 11) is 1.64. The maximum atomic E-state index is 12.7. The van der Waals surface area contributed by atoms with Crippen LogP contribution in [0.1, 0.15) is 13.8 Å². The molecule has 0 fully saturated rings. The predicted octanol–water partition coefficient (Wildman–Crippen LogP) is 1.77. The van der Waals surface area contributed by atoms with Gasteiger partial charge in [0.05, 0.1) is 6.04 Å². The molecule has 0 aliphatic rings. The molecule has 3 nitrogen and oxygen atoms in total. The highest BCUT2D eigenvalue weighted by Crippen LogP contribution is 2.15. The van der Waals surface area contributed by atoms with Crippen LogP contribution in [0.3, 0.4) is 0 Å². The lowest BCUT2D eigenvalue weighted by molar-refractivity contribution is -0.120. The van der Waals surface area contributed by atoms with E-state index in [4.69, 9.17) is 5.73 Å². The number of rotatable bonds is 3. The number of halogens is 1. The molecule has 0 saturated heterocycles. The van der Waals surface area contributed by atoms with Gasteiger partial charge >= 0.3 is 0 Å². The van der Waals surface area contributed by atoms with Gasteiger partial charge in [-0.1, -0.05) is 13.8 Å². The highest BCUT2D eigenvalue weighted by Gasteiger charge is 2.21. The van der Waals surface area contributed by atoms with Crippen molar-refractivity contribution in [3.05, 3.63) is 30.1 Å². The molecule has 88 valence electrons. The second kappa shape index (κ2) is 5.07. The number of benzene rings is 1. The molecule has 16 heavy (non-hydrogen) atoms. The van der Waals surface area contributed by atoms with E-state index in [9.17, 15) is 9.18 Å². The molecule has 2 N–H and O–H groups in total. The summed E-state index contributed by atoms with van der Waals surface area (Å²) in [6.07, 6.45) is 0. The fraction of sp³-hybridized carbons (Fsp3) is 0.417. The summed E-state index contributed by atoms with van der Waals surface area (Å²) in [5, 5.41) is 0. The molecule has 0 aromatic heterocycles. The largest absolute Gasteiger partial charge is 0.320 e. The molecule has 1 aromatic rings. The third-order valence-electron chi connectivity index (χ3n) is 2.55. The zero-order chi connectivity index (χ0) is 12.3. The van der Waals surface area contributed by atoms with Gasteiger partial charge in [-0.15, -0.1) is 0 Å². The first-order valence-electron chi connectivity index (χ1n) is 5.22. The number of carbonyl (C=O) groups excluding carboxylic acids is 1. The fourth-order valence-electron chi connectivity index (χ4n) is 1.30. The van der Waals surface area contributed by atoms with Crippen LogP contribution in [0.5, 0.6) is 0 Å². The summed E-state index contributed by atoms with van der Waals surface area (Å²) in [6, 6.07) is 5.22. The van der Waals surface area contributed by atoms with Crippen molar-refractivity contribution >= 4 is 11.6 Å². The van der Waals surface area contributed by atoms with Gasteiger partial charge in [0.15, 0.2) is 0 Å². The third kappa shape index (κ3) is 2.79. The first-order valence-corrected chi connectivity index (χ1v) is 5.22. The van der Waals surface area contributed by atoms with Crippen molar-refractivity contribution < 1.29 is 9.18 Å². The number of hydrogen-bond donors (Lipinski definition) is 1. The van der Waals surface area contributed by atoms with Gasteiger partial charge in [-0.05, 0) is 30.2 Å². The molecule has 4 heteroatoms. The van der Waals surface area contributed by atoms with Crippen molar-refractivity contribution in [2.75, 3.05) is 11.9 Å². The number of carbonyl (C=O) groups is 1. The summed E-state index contributed by atoms with van der Waals surface area (Å²) in [5.74, 6) is -0.408. The van der Waals surface area contributed by atoms with Crippen LogP contribution in [0.15, 0.2) is 24.3 Å². The zero-order valence-electron chi connectivity index (χ0n) is 9.77. The lowest BCUT2D eigenvalue weighted by atomic mass is 10.0. The quantitative estimate of drug-likeness (QED) is 0.850. The predicted molar refractivity (Wildman–Crippen MR) is 62.6 cm³/mol. The molecule has 0 aliphatic carbocycles. The summed E-state index contributed by atoms with van der Waals surface area (Å²) in [6.45, 7) is 3.78. The SMILES string of the molecule is CC(C)C(N)C(=O)N(C)c1ccc(F)cc1. The Morgan fingerprint density at radius 2 is 1.81 bits per heavy atom. The van der Waals surface area contributed by atoms with Crippen molar-refractivity contribution in [3.63, 3.8) is 0 Å². The Kier molecular flexibility index (Phi) is 4.01. The molecular formula is C12H17FN2O. The minimum Gasteiger partial charge on any atom is -0.320 e. The second-order valence-electron chi connectivity index (χ2n) is 4.14. The van der Waals surface area contributed by atoms with Gasteiger partial charge in [-0.2, -0.15) is 0 Å². The molecule has 1 amide bonds. The molecule has 1 aromatic carbocycles. The first-order chi connectivity index (χ1) is 7.43. The van der Waals surface area contributed by atoms with E-state index in [1.54, 1.807) is 19.2 Å². The number of anilines is 1. The van der Waals surface area contributed by atoms with Crippen LogP contribution in [0.4, 0.5) is 10.1 Å². The van der Waals surface area contributed by atoms with Gasteiger partial charge in [0.25, 0.3) is 0 Å². The minimum atomic E-state index is -0.532. The number of hydrogen-bond acceptors (Lipinski definition) is 2. The second-order valence-corrected chi connectivity index (χ2v) is 4.14. The van der Waals surface area contributed by atoms with E-state index >= 15 is 0 Å². The molecule has 0 spiro atoms. The summed E-state index contributed by atoms with van der Waals surface area (Å²) in [4.78, 5) is 13.3. The Hall–Kier alpha value is -1.42. The van der Waals surface area contributed by atoms with Crippen LogP contribution < -0.4 is 10.6 Å². The van der Waals surface area contributed by atoms with Gasteiger partial charge in [0.1, 0.15) is 5.82 Å². The van der Waals surface area contributed by atoms with Gasteiger partial charge in [-0.25, -0.2) is 4.39 Å². The van der Waals surface area contributed by atoms with E-state index in [1.807, 2.05) is 13.8 Å². The Morgan fingerprint density at radius 1 is 1.31 bits per heavy atom. The zero-order valence-corrected chi connectivity index (χ0v) is 9.77. The number of likely N-dealkylation sites (N-methyl/N-ethyl adjacent to an activating group) is 1. The average molecular weight is 224 g/mol. The molecule has 1 rings (SSSR count). The maximum absolute atomic E-state index is 12.7. The molecule has 0 heterocycles. The third-order valence-corrected chi connectivity index (χ3v) is 2.55. The summed E-state index contributed by atoms with van der Waals surface area (Å²) >= 11 is 0. The minimum absolute atomic E-state index is 0.0791. The van der Waals surface area contributed by atoms with Crippen LogP contribution in [0.25, 0.3) is 0 Å². The molecule has 1 unspecified atom stereocenters. The van der Waals surface area contributed by atoms with E-state index in [1.165, 1.54) is 17.0 Å². The molecule has 0 aliphatic heterocycles. The van der Waals surface area contributed by atoms with Gasteiger partial charge in [0.2, 0.25) is 5.91 Å². The van der Waals surface area contributed by atoms with Crippen LogP contribution in [-0.4, -0.2) is 19.0 Å². The number of amides is 1. The van der Waals surface area contributed by atoms with E-state index in [0.717, 1.165) is 0 Å². The fourth-order valence-corrected chi connectivity index (χ4v) is 1.30. The van der Waals surface area contributed by atoms with Crippen LogP contribution in [0.2, 0.25) is 0 Å². The van der Waals surface area contributed by atoms with Crippen molar-refractivity contribution in [2.24, 2.45) is 11.7 Å². The Labute approximate surface area is 95.0 Å². The standard InChI is InChI=1S/C12H17FN2O/c1-8(2)11(14)12(16)15(3)10-6-4-9(13)5-7-10/h4-8,11H,14H2,1-3H3. The summed E-state index contributed by atoms with van der Waals surface area (Å²) in [5.41, 5.74) is 6.40. The molecule has 0 radical (unpaired) electrons. The molecule has 0 saturated carbocycles.